The molecule has 0 bridgehead atoms. The number of hydrogen-bond donors (Lipinski definition) is 0. The van der Waals surface area contributed by atoms with Crippen LogP contribution < -0.4 is 4.74 Å². The van der Waals surface area contributed by atoms with E-state index in [0.29, 0.717) is 23.6 Å². The summed E-state index contributed by atoms with van der Waals surface area (Å²) in [4.78, 5) is 37.4. The van der Waals surface area contributed by atoms with Gasteiger partial charge in [0.25, 0.3) is 16.8 Å². The minimum absolute atomic E-state index is 0.0351. The first kappa shape index (κ1) is 26.6. The van der Waals surface area contributed by atoms with Crippen LogP contribution in [0.1, 0.15) is 23.1 Å². The van der Waals surface area contributed by atoms with Gasteiger partial charge in [-0.15, -0.1) is 0 Å². The van der Waals surface area contributed by atoms with Gasteiger partial charge in [-0.2, -0.15) is 0 Å². The van der Waals surface area contributed by atoms with E-state index in [1.807, 2.05) is 42.5 Å². The molecule has 2 amide bonds. The Labute approximate surface area is 239 Å². The summed E-state index contributed by atoms with van der Waals surface area (Å²) >= 11 is 5.31. The van der Waals surface area contributed by atoms with Gasteiger partial charge < -0.3 is 4.74 Å². The molecular weight excluding hydrogens is 706 g/mol. The van der Waals surface area contributed by atoms with Crippen LogP contribution in [0.25, 0.3) is 6.08 Å². The van der Waals surface area contributed by atoms with Crippen molar-refractivity contribution >= 4 is 79.9 Å². The number of nitro groups is 1. The van der Waals surface area contributed by atoms with E-state index < -0.39 is 4.92 Å². The van der Waals surface area contributed by atoms with Crippen LogP contribution in [-0.2, 0) is 17.8 Å². The maximum Gasteiger partial charge on any atom is 0.293 e. The standard InChI is InChI=1S/C26H20I2N2O5S/c27-21-13-19(14-22(28)24(21)35-16-18-8-10-20(11-9-18)30(33)34)15-23-25(31)29(26(32)36-23)12-4-7-17-5-2-1-3-6-17/h1-3,5-6,8-11,13-15H,4,7,12,16H2/b23-15+. The number of amides is 2. The van der Waals surface area contributed by atoms with Crippen molar-refractivity contribution in [3.05, 3.63) is 106 Å². The summed E-state index contributed by atoms with van der Waals surface area (Å²) < 4.78 is 7.69. The lowest BCUT2D eigenvalue weighted by Crippen LogP contribution is -2.29. The molecule has 0 unspecified atom stereocenters. The number of nitro benzene ring substituents is 1. The van der Waals surface area contributed by atoms with Gasteiger partial charge in [0.1, 0.15) is 12.4 Å². The van der Waals surface area contributed by atoms with Crippen molar-refractivity contribution in [2.24, 2.45) is 0 Å². The molecule has 7 nitrogen and oxygen atoms in total. The number of thioether (sulfide) groups is 1. The van der Waals surface area contributed by atoms with E-state index in [-0.39, 0.29) is 23.4 Å². The van der Waals surface area contributed by atoms with Gasteiger partial charge in [0.15, 0.2) is 0 Å². The molecule has 3 aromatic rings. The maximum absolute atomic E-state index is 12.9. The molecule has 3 aromatic carbocycles. The van der Waals surface area contributed by atoms with E-state index in [1.54, 1.807) is 18.2 Å². The first-order chi connectivity index (χ1) is 17.3. The van der Waals surface area contributed by atoms with E-state index >= 15 is 0 Å². The average Bonchev–Trinajstić information content (AvgIpc) is 3.11. The fraction of sp³-hybridized carbons (Fsp3) is 0.154. The molecule has 0 aliphatic carbocycles. The predicted molar refractivity (Wildman–Crippen MR) is 157 cm³/mol. The number of aryl methyl sites for hydroxylation is 1. The number of hydrogen-bond acceptors (Lipinski definition) is 6. The summed E-state index contributed by atoms with van der Waals surface area (Å²) in [5.74, 6) is 0.433. The van der Waals surface area contributed by atoms with Crippen LogP contribution in [0.2, 0.25) is 0 Å². The molecule has 36 heavy (non-hydrogen) atoms. The normalized spacial score (nSPS) is 14.5. The molecule has 1 saturated heterocycles. The van der Waals surface area contributed by atoms with Crippen molar-refractivity contribution in [1.82, 2.24) is 4.90 Å². The van der Waals surface area contributed by atoms with E-state index in [2.05, 4.69) is 45.2 Å². The van der Waals surface area contributed by atoms with Gasteiger partial charge in [-0.1, -0.05) is 30.3 Å². The van der Waals surface area contributed by atoms with E-state index in [9.17, 15) is 19.7 Å². The van der Waals surface area contributed by atoms with Gasteiger partial charge in [0, 0.05) is 18.7 Å². The molecule has 0 aromatic heterocycles. The number of imide groups is 1. The molecule has 10 heteroatoms. The van der Waals surface area contributed by atoms with Crippen LogP contribution in [0.5, 0.6) is 5.75 Å². The quantitative estimate of drug-likeness (QED) is 0.102. The topological polar surface area (TPSA) is 89.7 Å². The Balaban J connectivity index is 1.40. The molecule has 0 radical (unpaired) electrons. The van der Waals surface area contributed by atoms with Crippen LogP contribution in [0, 0.1) is 17.3 Å². The third kappa shape index (κ3) is 6.65. The molecule has 0 atom stereocenters. The van der Waals surface area contributed by atoms with Gasteiger partial charge in [0.2, 0.25) is 0 Å². The predicted octanol–water partition coefficient (Wildman–Crippen LogP) is 7.05. The Morgan fingerprint density at radius 3 is 2.28 bits per heavy atom. The fourth-order valence-electron chi connectivity index (χ4n) is 3.60. The van der Waals surface area contributed by atoms with E-state index in [4.69, 9.17) is 4.74 Å². The number of halogens is 2. The smallest absolute Gasteiger partial charge is 0.293 e. The Kier molecular flexibility index (Phi) is 9.01. The number of benzene rings is 3. The molecule has 0 N–H and O–H groups in total. The first-order valence-electron chi connectivity index (χ1n) is 11.0. The van der Waals surface area contributed by atoms with E-state index in [0.717, 1.165) is 36.4 Å². The lowest BCUT2D eigenvalue weighted by molar-refractivity contribution is -0.384. The molecule has 0 saturated carbocycles. The summed E-state index contributed by atoms with van der Waals surface area (Å²) in [6, 6.07) is 20.0. The number of carbonyl (C=O) groups is 2. The Hall–Kier alpha value is -2.45. The van der Waals surface area contributed by atoms with Gasteiger partial charge in [0.05, 0.1) is 17.0 Å². The molecule has 184 valence electrons. The van der Waals surface area contributed by atoms with Crippen molar-refractivity contribution in [1.29, 1.82) is 0 Å². The molecule has 1 aliphatic heterocycles. The maximum atomic E-state index is 12.9. The van der Waals surface area contributed by atoms with Crippen molar-refractivity contribution in [3.8, 4) is 5.75 Å². The number of carbonyl (C=O) groups excluding carboxylic acids is 2. The van der Waals surface area contributed by atoms with Crippen LogP contribution in [0.15, 0.2) is 71.6 Å². The number of non-ortho nitro benzene ring substituents is 1. The highest BCUT2D eigenvalue weighted by atomic mass is 127. The summed E-state index contributed by atoms with van der Waals surface area (Å²) in [5, 5.41) is 10.6. The lowest BCUT2D eigenvalue weighted by Gasteiger charge is -2.12. The molecule has 4 rings (SSSR count). The molecule has 1 aliphatic rings. The van der Waals surface area contributed by atoms with E-state index in [1.165, 1.54) is 22.6 Å². The molecule has 0 spiro atoms. The monoisotopic (exact) mass is 726 g/mol. The minimum Gasteiger partial charge on any atom is -0.487 e. The Bertz CT molecular complexity index is 1310. The second kappa shape index (κ2) is 12.2. The highest BCUT2D eigenvalue weighted by molar-refractivity contribution is 14.1. The van der Waals surface area contributed by atoms with Gasteiger partial charge in [-0.05, 0) is 117 Å². The number of rotatable bonds is 9. The SMILES string of the molecule is O=C1S/C(=C/c2cc(I)c(OCc3ccc([N+](=O)[O-])cc3)c(I)c2)C(=O)N1CCCc1ccccc1. The minimum atomic E-state index is -0.436. The number of nitrogens with zero attached hydrogens (tertiary/aromatic N) is 2. The van der Waals surface area contributed by atoms with Crippen LogP contribution in [0.3, 0.4) is 0 Å². The third-order valence-electron chi connectivity index (χ3n) is 5.41. The Morgan fingerprint density at radius 1 is 0.972 bits per heavy atom. The molecular formula is C26H20I2N2O5S. The highest BCUT2D eigenvalue weighted by Gasteiger charge is 2.34. The number of ether oxygens (including phenoxy) is 1. The fourth-order valence-corrected chi connectivity index (χ4v) is 6.59. The van der Waals surface area contributed by atoms with Crippen LogP contribution >= 0.6 is 56.9 Å². The van der Waals surface area contributed by atoms with Crippen molar-refractivity contribution in [2.45, 2.75) is 19.4 Å². The summed E-state index contributed by atoms with van der Waals surface area (Å²) in [5.41, 5.74) is 2.84. The largest absolute Gasteiger partial charge is 0.487 e. The Morgan fingerprint density at radius 2 is 1.64 bits per heavy atom. The van der Waals surface area contributed by atoms with Gasteiger partial charge in [-0.3, -0.25) is 24.6 Å². The summed E-state index contributed by atoms with van der Waals surface area (Å²) in [6.07, 6.45) is 3.26. The highest BCUT2D eigenvalue weighted by Crippen LogP contribution is 2.35. The second-order valence-electron chi connectivity index (χ2n) is 7.95. The molecule has 1 fully saturated rings. The van der Waals surface area contributed by atoms with Crippen molar-refractivity contribution in [3.63, 3.8) is 0 Å². The summed E-state index contributed by atoms with van der Waals surface area (Å²) in [7, 11) is 0. The van der Waals surface area contributed by atoms with Crippen LogP contribution in [-0.4, -0.2) is 27.5 Å². The second-order valence-corrected chi connectivity index (χ2v) is 11.3. The first-order valence-corrected chi connectivity index (χ1v) is 13.9. The zero-order chi connectivity index (χ0) is 25.7. The average molecular weight is 726 g/mol. The van der Waals surface area contributed by atoms with Crippen LogP contribution in [0.4, 0.5) is 10.5 Å². The van der Waals surface area contributed by atoms with Gasteiger partial charge >= 0.3 is 0 Å². The lowest BCUT2D eigenvalue weighted by atomic mass is 10.1. The van der Waals surface area contributed by atoms with Gasteiger partial charge in [-0.25, -0.2) is 0 Å². The van der Waals surface area contributed by atoms with Crippen molar-refractivity contribution in [2.75, 3.05) is 6.54 Å². The van der Waals surface area contributed by atoms with Crippen molar-refractivity contribution < 1.29 is 19.2 Å². The molecule has 1 heterocycles. The zero-order valence-electron chi connectivity index (χ0n) is 18.9. The zero-order valence-corrected chi connectivity index (χ0v) is 24.0. The summed E-state index contributed by atoms with van der Waals surface area (Å²) in [6.45, 7) is 0.659. The third-order valence-corrected chi connectivity index (χ3v) is 7.92.